The molecule has 3 heterocycles. The lowest BCUT2D eigenvalue weighted by Gasteiger charge is -2.22. The average molecular weight is 418 g/mol. The first-order chi connectivity index (χ1) is 15.0. The Balaban J connectivity index is 2.01. The number of hydrogen-bond donors (Lipinski definition) is 2. The van der Waals surface area contributed by atoms with Crippen LogP contribution in [0.25, 0.3) is 11.3 Å². The molecule has 0 saturated carbocycles. The van der Waals surface area contributed by atoms with Gasteiger partial charge in [0.05, 0.1) is 11.4 Å². The van der Waals surface area contributed by atoms with Crippen molar-refractivity contribution >= 4 is 11.5 Å². The van der Waals surface area contributed by atoms with Gasteiger partial charge in [0.2, 0.25) is 0 Å². The Kier molecular flexibility index (Phi) is 5.62. The number of allylic oxidation sites excluding steroid dienone is 1. The van der Waals surface area contributed by atoms with E-state index in [1.54, 1.807) is 24.5 Å². The minimum atomic E-state index is -0.511. The number of anilines is 1. The summed E-state index contributed by atoms with van der Waals surface area (Å²) in [7, 11) is 0. The van der Waals surface area contributed by atoms with Crippen LogP contribution in [0.1, 0.15) is 36.6 Å². The minimum Gasteiger partial charge on any atom is -0.482 e. The second-order valence-corrected chi connectivity index (χ2v) is 7.19. The van der Waals surface area contributed by atoms with Gasteiger partial charge < -0.3 is 16.2 Å². The van der Waals surface area contributed by atoms with Gasteiger partial charge >= 0.3 is 0 Å². The average Bonchev–Trinajstić information content (AvgIpc) is 2.77. The molecule has 1 aliphatic rings. The number of aromatic nitrogens is 3. The number of pyridine rings is 1. The van der Waals surface area contributed by atoms with Crippen LogP contribution in [0.5, 0.6) is 5.75 Å². The summed E-state index contributed by atoms with van der Waals surface area (Å²) >= 11 is 0. The molecule has 3 aromatic rings. The van der Waals surface area contributed by atoms with Crippen molar-refractivity contribution in [1.82, 2.24) is 15.0 Å². The van der Waals surface area contributed by atoms with E-state index in [0.29, 0.717) is 35.7 Å². The summed E-state index contributed by atoms with van der Waals surface area (Å²) in [5, 5.41) is 0. The third kappa shape index (κ3) is 3.96. The van der Waals surface area contributed by atoms with Crippen LogP contribution in [0.2, 0.25) is 0 Å². The number of fused-ring (bicyclic) bond motifs is 5. The van der Waals surface area contributed by atoms with Crippen molar-refractivity contribution in [2.45, 2.75) is 26.4 Å². The molecule has 2 aromatic heterocycles. The first kappa shape index (κ1) is 20.5. The van der Waals surface area contributed by atoms with Crippen molar-refractivity contribution in [2.75, 3.05) is 12.3 Å². The second kappa shape index (κ2) is 8.51. The number of benzene rings is 1. The van der Waals surface area contributed by atoms with Crippen LogP contribution in [0.15, 0.2) is 59.8 Å². The smallest absolute Gasteiger partial charge is 0.166 e. The summed E-state index contributed by atoms with van der Waals surface area (Å²) in [6.45, 7) is 4.34. The van der Waals surface area contributed by atoms with Gasteiger partial charge in [0, 0.05) is 47.6 Å². The van der Waals surface area contributed by atoms with Gasteiger partial charge in [-0.1, -0.05) is 0 Å². The summed E-state index contributed by atoms with van der Waals surface area (Å²) in [6.07, 6.45) is 6.32. The zero-order valence-electron chi connectivity index (χ0n) is 17.3. The fraction of sp³-hybridized carbons (Fsp3) is 0.217. The highest BCUT2D eigenvalue weighted by Crippen LogP contribution is 2.35. The molecule has 1 aromatic carbocycles. The molecule has 7 nitrogen and oxygen atoms in total. The highest BCUT2D eigenvalue weighted by atomic mass is 19.1. The summed E-state index contributed by atoms with van der Waals surface area (Å²) in [5.74, 6) is 0.267. The number of nitrogens with zero attached hydrogens (tertiary/aromatic N) is 4. The van der Waals surface area contributed by atoms with Crippen LogP contribution in [0.4, 0.5) is 10.2 Å². The lowest BCUT2D eigenvalue weighted by atomic mass is 9.92. The quantitative estimate of drug-likeness (QED) is 0.624. The molecule has 0 aliphatic carbocycles. The SMILES string of the molecule is CCN=C1C(=CN)Cc2cncnc2-c2ccc(F)cc2C(C)Oc2cc1cnc2N. The number of nitrogens with two attached hydrogens (primary N) is 2. The van der Waals surface area contributed by atoms with E-state index in [1.807, 2.05) is 13.8 Å². The molecule has 0 fully saturated rings. The van der Waals surface area contributed by atoms with Gasteiger partial charge in [0.15, 0.2) is 11.6 Å². The monoisotopic (exact) mass is 418 g/mol. The number of rotatable bonds is 1. The molecular weight excluding hydrogens is 395 g/mol. The van der Waals surface area contributed by atoms with Gasteiger partial charge in [-0.05, 0) is 49.9 Å². The summed E-state index contributed by atoms with van der Waals surface area (Å²) in [4.78, 5) is 17.6. The molecule has 1 unspecified atom stereocenters. The van der Waals surface area contributed by atoms with Crippen LogP contribution < -0.4 is 16.2 Å². The van der Waals surface area contributed by atoms with Crippen LogP contribution >= 0.6 is 0 Å². The van der Waals surface area contributed by atoms with Crippen LogP contribution in [-0.4, -0.2) is 27.2 Å². The van der Waals surface area contributed by atoms with Crippen molar-refractivity contribution in [3.63, 3.8) is 0 Å². The number of nitrogen functional groups attached to an aromatic ring is 1. The van der Waals surface area contributed by atoms with Crippen molar-refractivity contribution in [3.8, 4) is 17.0 Å². The van der Waals surface area contributed by atoms with Gasteiger partial charge in [-0.15, -0.1) is 0 Å². The maximum absolute atomic E-state index is 14.2. The van der Waals surface area contributed by atoms with Crippen LogP contribution in [-0.2, 0) is 6.42 Å². The topological polar surface area (TPSA) is 112 Å². The predicted octanol–water partition coefficient (Wildman–Crippen LogP) is 3.61. The number of halogens is 1. The lowest BCUT2D eigenvalue weighted by molar-refractivity contribution is 0.227. The molecule has 158 valence electrons. The van der Waals surface area contributed by atoms with Gasteiger partial charge in [-0.2, -0.15) is 0 Å². The van der Waals surface area contributed by atoms with E-state index in [2.05, 4.69) is 19.9 Å². The molecule has 1 atom stereocenters. The molecule has 1 aliphatic heterocycles. The minimum absolute atomic E-state index is 0.238. The van der Waals surface area contributed by atoms with E-state index in [9.17, 15) is 4.39 Å². The molecule has 0 spiro atoms. The van der Waals surface area contributed by atoms with E-state index in [-0.39, 0.29) is 11.6 Å². The standard InChI is InChI=1S/C23H23FN6O/c1-3-28-21-14(9-25)6-15-10-27-12-30-22(15)18-5-4-17(24)8-19(18)13(2)31-20-7-16(21)11-29-23(20)26/h4-5,7-13H,3,6,25H2,1-2H3,(H2,26,29). The van der Waals surface area contributed by atoms with Crippen molar-refractivity contribution in [1.29, 1.82) is 0 Å². The largest absolute Gasteiger partial charge is 0.482 e. The highest BCUT2D eigenvalue weighted by molar-refractivity contribution is 6.13. The molecule has 4 N–H and O–H groups in total. The summed E-state index contributed by atoms with van der Waals surface area (Å²) < 4.78 is 20.3. The van der Waals surface area contributed by atoms with Gasteiger partial charge in [0.1, 0.15) is 18.2 Å². The number of ether oxygens (including phenoxy) is 1. The zero-order chi connectivity index (χ0) is 22.0. The van der Waals surface area contributed by atoms with Gasteiger partial charge in [-0.25, -0.2) is 19.3 Å². The molecule has 8 heteroatoms. The fourth-order valence-corrected chi connectivity index (χ4v) is 3.71. The molecule has 0 saturated heterocycles. The second-order valence-electron chi connectivity index (χ2n) is 7.19. The Morgan fingerprint density at radius 1 is 1.26 bits per heavy atom. The summed E-state index contributed by atoms with van der Waals surface area (Å²) in [5.41, 5.74) is 17.2. The molecular formula is C23H23FN6O. The first-order valence-corrected chi connectivity index (χ1v) is 9.98. The predicted molar refractivity (Wildman–Crippen MR) is 118 cm³/mol. The summed E-state index contributed by atoms with van der Waals surface area (Å²) in [6, 6.07) is 6.35. The Hall–Kier alpha value is -3.81. The van der Waals surface area contributed by atoms with E-state index in [4.69, 9.17) is 16.2 Å². The van der Waals surface area contributed by atoms with Crippen molar-refractivity contribution in [2.24, 2.45) is 10.7 Å². The number of aliphatic imine (C=N–C) groups is 1. The Bertz CT molecular complexity index is 1190. The van der Waals surface area contributed by atoms with E-state index in [0.717, 1.165) is 22.3 Å². The van der Waals surface area contributed by atoms with E-state index in [1.165, 1.54) is 24.7 Å². The Morgan fingerprint density at radius 3 is 2.87 bits per heavy atom. The van der Waals surface area contributed by atoms with Gasteiger partial charge in [0.25, 0.3) is 0 Å². The molecule has 31 heavy (non-hydrogen) atoms. The van der Waals surface area contributed by atoms with E-state index < -0.39 is 6.10 Å². The number of hydrogen-bond acceptors (Lipinski definition) is 7. The molecule has 2 bridgehead atoms. The Labute approximate surface area is 179 Å². The fourth-order valence-electron chi connectivity index (χ4n) is 3.71. The van der Waals surface area contributed by atoms with Crippen molar-refractivity contribution < 1.29 is 9.13 Å². The maximum atomic E-state index is 14.2. The zero-order valence-corrected chi connectivity index (χ0v) is 17.3. The van der Waals surface area contributed by atoms with E-state index >= 15 is 0 Å². The first-order valence-electron chi connectivity index (χ1n) is 9.98. The van der Waals surface area contributed by atoms with Crippen LogP contribution in [0.3, 0.4) is 0 Å². The Morgan fingerprint density at radius 2 is 2.10 bits per heavy atom. The normalized spacial score (nSPS) is 18.5. The molecule has 0 amide bonds. The maximum Gasteiger partial charge on any atom is 0.166 e. The lowest BCUT2D eigenvalue weighted by Crippen LogP contribution is -2.15. The molecule has 0 radical (unpaired) electrons. The highest BCUT2D eigenvalue weighted by Gasteiger charge is 2.23. The van der Waals surface area contributed by atoms with Crippen molar-refractivity contribution in [3.05, 3.63) is 77.3 Å². The third-order valence-corrected chi connectivity index (χ3v) is 5.16. The molecule has 4 rings (SSSR count). The third-order valence-electron chi connectivity index (χ3n) is 5.16. The van der Waals surface area contributed by atoms with Gasteiger partial charge in [-0.3, -0.25) is 4.99 Å². The van der Waals surface area contributed by atoms with Crippen LogP contribution in [0, 0.1) is 5.82 Å².